The van der Waals surface area contributed by atoms with Crippen molar-refractivity contribution in [2.75, 3.05) is 5.75 Å². The van der Waals surface area contributed by atoms with Crippen LogP contribution in [-0.4, -0.2) is 36.8 Å². The number of carbonyl (C=O) groups excluding carboxylic acids is 1. The molecule has 3 rings (SSSR count). The lowest BCUT2D eigenvalue weighted by atomic mass is 10.1. The van der Waals surface area contributed by atoms with E-state index >= 15 is 0 Å². The van der Waals surface area contributed by atoms with Crippen LogP contribution in [0.1, 0.15) is 20.8 Å². The number of H-pyrrole nitrogens is 1. The van der Waals surface area contributed by atoms with Crippen molar-refractivity contribution in [1.29, 1.82) is 0 Å². The normalized spacial score (nSPS) is 12.1. The van der Waals surface area contributed by atoms with Crippen molar-refractivity contribution in [1.82, 2.24) is 24.9 Å². The molecule has 0 radical (unpaired) electrons. The highest BCUT2D eigenvalue weighted by molar-refractivity contribution is 7.99. The van der Waals surface area contributed by atoms with Gasteiger partial charge in [-0.1, -0.05) is 23.9 Å². The molecule has 0 atom stereocenters. The molecule has 7 heteroatoms. The van der Waals surface area contributed by atoms with E-state index in [-0.39, 0.29) is 11.4 Å². The summed E-state index contributed by atoms with van der Waals surface area (Å²) < 4.78 is 1.93. The molecule has 110 valence electrons. The highest BCUT2D eigenvalue weighted by atomic mass is 32.2. The van der Waals surface area contributed by atoms with E-state index in [1.165, 1.54) is 11.8 Å². The molecule has 0 saturated heterocycles. The molecule has 0 aliphatic heterocycles. The summed E-state index contributed by atoms with van der Waals surface area (Å²) >= 11 is 1.39. The number of thioether (sulfide) groups is 1. The van der Waals surface area contributed by atoms with Gasteiger partial charge >= 0.3 is 0 Å². The number of amides is 1. The minimum Gasteiger partial charge on any atom is -0.351 e. The lowest BCUT2D eigenvalue weighted by molar-refractivity contribution is -0.119. The number of nitrogens with zero attached hydrogens (tertiary/aromatic N) is 3. The summed E-state index contributed by atoms with van der Waals surface area (Å²) in [5.74, 6) is 1.01. The number of fused-ring (bicyclic) bond motifs is 3. The quantitative estimate of drug-likeness (QED) is 0.728. The van der Waals surface area contributed by atoms with Gasteiger partial charge in [0, 0.05) is 5.54 Å². The Bertz CT molecular complexity index is 799. The fourth-order valence-electron chi connectivity index (χ4n) is 2.12. The highest BCUT2D eigenvalue weighted by Gasteiger charge is 2.16. The van der Waals surface area contributed by atoms with Crippen LogP contribution < -0.4 is 5.32 Å². The molecule has 2 aromatic heterocycles. The molecule has 2 N–H and O–H groups in total. The molecule has 3 aromatic rings. The van der Waals surface area contributed by atoms with Crippen LogP contribution in [0.25, 0.3) is 16.8 Å². The maximum Gasteiger partial charge on any atom is 0.231 e. The fraction of sp³-hybridized carbons (Fsp3) is 0.357. The molecule has 0 aliphatic rings. The largest absolute Gasteiger partial charge is 0.351 e. The van der Waals surface area contributed by atoms with E-state index in [4.69, 9.17) is 0 Å². The van der Waals surface area contributed by atoms with Crippen LogP contribution in [0.3, 0.4) is 0 Å². The smallest absolute Gasteiger partial charge is 0.231 e. The van der Waals surface area contributed by atoms with E-state index in [0.29, 0.717) is 11.5 Å². The first-order chi connectivity index (χ1) is 9.94. The van der Waals surface area contributed by atoms with Crippen molar-refractivity contribution in [3.63, 3.8) is 0 Å². The van der Waals surface area contributed by atoms with Gasteiger partial charge < -0.3 is 5.32 Å². The third kappa shape index (κ3) is 2.87. The van der Waals surface area contributed by atoms with Crippen LogP contribution in [0.4, 0.5) is 0 Å². The maximum absolute atomic E-state index is 11.9. The number of carbonyl (C=O) groups is 1. The van der Waals surface area contributed by atoms with Crippen molar-refractivity contribution >= 4 is 34.5 Å². The van der Waals surface area contributed by atoms with Crippen molar-refractivity contribution in [2.24, 2.45) is 0 Å². The first-order valence-electron chi connectivity index (χ1n) is 6.69. The lowest BCUT2D eigenvalue weighted by Crippen LogP contribution is -2.41. The summed E-state index contributed by atoms with van der Waals surface area (Å²) in [6.07, 6.45) is 0. The maximum atomic E-state index is 11.9. The van der Waals surface area contributed by atoms with Crippen LogP contribution in [0.15, 0.2) is 29.4 Å². The second-order valence-electron chi connectivity index (χ2n) is 5.85. The number of nitrogens with one attached hydrogen (secondary N) is 2. The standard InChI is InChI=1S/C14H17N5OS/c1-14(2,3)16-11(20)8-21-13-18-17-12-15-9-6-4-5-7-10(9)19(12)13/h4-7H,8H2,1-3H3,(H,15,17)(H,16,20). The van der Waals surface area contributed by atoms with Gasteiger partial charge in [0.1, 0.15) is 0 Å². The van der Waals surface area contributed by atoms with Crippen molar-refractivity contribution in [3.05, 3.63) is 24.3 Å². The average Bonchev–Trinajstić information content (AvgIpc) is 2.93. The Hall–Kier alpha value is -2.02. The van der Waals surface area contributed by atoms with Crippen molar-refractivity contribution in [3.8, 4) is 0 Å². The summed E-state index contributed by atoms with van der Waals surface area (Å²) in [5.41, 5.74) is 1.67. The number of hydrogen-bond donors (Lipinski definition) is 2. The van der Waals surface area contributed by atoms with E-state index in [1.54, 1.807) is 0 Å². The molecule has 2 heterocycles. The monoisotopic (exact) mass is 303 g/mol. The average molecular weight is 303 g/mol. The van der Waals surface area contributed by atoms with Gasteiger partial charge in [0.05, 0.1) is 16.8 Å². The van der Waals surface area contributed by atoms with E-state index in [9.17, 15) is 4.79 Å². The van der Waals surface area contributed by atoms with E-state index in [1.807, 2.05) is 49.4 Å². The molecule has 6 nitrogen and oxygen atoms in total. The lowest BCUT2D eigenvalue weighted by Gasteiger charge is -2.20. The zero-order valence-corrected chi connectivity index (χ0v) is 13.0. The molecular weight excluding hydrogens is 286 g/mol. The molecule has 1 aromatic carbocycles. The Kier molecular flexibility index (Phi) is 3.36. The van der Waals surface area contributed by atoms with Gasteiger partial charge in [-0.3, -0.25) is 9.20 Å². The first kappa shape index (κ1) is 13.9. The molecule has 0 spiro atoms. The molecular formula is C14H17N5OS. The molecule has 0 unspecified atom stereocenters. The first-order valence-corrected chi connectivity index (χ1v) is 7.68. The molecule has 1 amide bonds. The Morgan fingerprint density at radius 2 is 2.14 bits per heavy atom. The summed E-state index contributed by atoms with van der Waals surface area (Å²) in [4.78, 5) is 16.4. The predicted molar refractivity (Wildman–Crippen MR) is 83.5 cm³/mol. The van der Waals surface area contributed by atoms with Gasteiger partial charge in [0.2, 0.25) is 11.7 Å². The molecule has 0 fully saturated rings. The molecule has 21 heavy (non-hydrogen) atoms. The van der Waals surface area contributed by atoms with Gasteiger partial charge in [-0.2, -0.15) is 0 Å². The van der Waals surface area contributed by atoms with Gasteiger partial charge in [0.25, 0.3) is 0 Å². The fourth-order valence-corrected chi connectivity index (χ4v) is 2.88. The SMILES string of the molecule is CC(C)(C)NC(=O)CSc1n[nH]c2nc3ccccc3n12. The summed E-state index contributed by atoms with van der Waals surface area (Å²) in [7, 11) is 0. The second-order valence-corrected chi connectivity index (χ2v) is 6.80. The minimum absolute atomic E-state index is 0.00642. The molecule has 0 aliphatic carbocycles. The second kappa shape index (κ2) is 5.07. The zero-order chi connectivity index (χ0) is 15.0. The minimum atomic E-state index is -0.222. The number of aromatic nitrogens is 4. The predicted octanol–water partition coefficient (Wildman–Crippen LogP) is 2.22. The van der Waals surface area contributed by atoms with E-state index in [0.717, 1.165) is 16.2 Å². The molecule has 0 bridgehead atoms. The van der Waals surface area contributed by atoms with Crippen LogP contribution >= 0.6 is 11.8 Å². The topological polar surface area (TPSA) is 75.1 Å². The third-order valence-electron chi connectivity index (χ3n) is 2.85. The Labute approximate surface area is 126 Å². The van der Waals surface area contributed by atoms with Crippen LogP contribution in [0.5, 0.6) is 0 Å². The van der Waals surface area contributed by atoms with E-state index < -0.39 is 0 Å². The zero-order valence-electron chi connectivity index (χ0n) is 12.2. The van der Waals surface area contributed by atoms with Crippen LogP contribution in [0, 0.1) is 0 Å². The van der Waals surface area contributed by atoms with Crippen LogP contribution in [-0.2, 0) is 4.79 Å². The number of para-hydroxylation sites is 2. The number of imidazole rings is 1. The number of aromatic amines is 1. The van der Waals surface area contributed by atoms with E-state index in [2.05, 4.69) is 20.5 Å². The van der Waals surface area contributed by atoms with Gasteiger partial charge in [-0.05, 0) is 32.9 Å². The Morgan fingerprint density at radius 1 is 1.38 bits per heavy atom. The van der Waals surface area contributed by atoms with Gasteiger partial charge in [0.15, 0.2) is 5.16 Å². The van der Waals surface area contributed by atoms with Crippen molar-refractivity contribution in [2.45, 2.75) is 31.5 Å². The number of rotatable bonds is 3. The third-order valence-corrected chi connectivity index (χ3v) is 3.79. The highest BCUT2D eigenvalue weighted by Crippen LogP contribution is 2.22. The number of benzene rings is 1. The molecule has 0 saturated carbocycles. The summed E-state index contributed by atoms with van der Waals surface area (Å²) in [6.45, 7) is 5.89. The van der Waals surface area contributed by atoms with Gasteiger partial charge in [-0.15, -0.1) is 5.10 Å². The summed E-state index contributed by atoms with van der Waals surface area (Å²) in [5, 5.41) is 10.8. The van der Waals surface area contributed by atoms with Crippen LogP contribution in [0.2, 0.25) is 0 Å². The van der Waals surface area contributed by atoms with Gasteiger partial charge in [-0.25, -0.2) is 10.1 Å². The Balaban J connectivity index is 1.83. The number of hydrogen-bond acceptors (Lipinski definition) is 4. The Morgan fingerprint density at radius 3 is 2.90 bits per heavy atom. The van der Waals surface area contributed by atoms with Crippen molar-refractivity contribution < 1.29 is 4.79 Å². The summed E-state index contributed by atoms with van der Waals surface area (Å²) in [6, 6.07) is 7.86.